The van der Waals surface area contributed by atoms with Crippen LogP contribution < -0.4 is 4.90 Å². The molecule has 1 aliphatic heterocycles. The molecule has 1 atom stereocenters. The molecule has 0 aliphatic carbocycles. The first-order chi connectivity index (χ1) is 9.34. The quantitative estimate of drug-likeness (QED) is 0.925. The number of rotatable bonds is 4. The molecule has 1 fully saturated rings. The molecule has 1 N–H and O–H groups in total. The molecule has 0 radical (unpaired) electrons. The molecule has 20 heavy (non-hydrogen) atoms. The molecule has 0 unspecified atom stereocenters. The van der Waals surface area contributed by atoms with Crippen LogP contribution in [0, 0.1) is 0 Å². The van der Waals surface area contributed by atoms with Crippen LogP contribution in [0.3, 0.4) is 0 Å². The van der Waals surface area contributed by atoms with Crippen molar-refractivity contribution in [2.45, 2.75) is 25.1 Å². The van der Waals surface area contributed by atoms with Gasteiger partial charge < -0.3 is 14.7 Å². The molecule has 0 spiro atoms. The molecule has 1 saturated heterocycles. The van der Waals surface area contributed by atoms with Gasteiger partial charge in [0.25, 0.3) is 0 Å². The predicted octanol–water partition coefficient (Wildman–Crippen LogP) is 2.48. The third-order valence-corrected chi connectivity index (χ3v) is 4.19. The van der Waals surface area contributed by atoms with Crippen LogP contribution in [0.15, 0.2) is 0 Å². The minimum atomic E-state index is -4.64. The van der Waals surface area contributed by atoms with Crippen LogP contribution in [0.1, 0.15) is 28.3 Å². The fourth-order valence-corrected chi connectivity index (χ4v) is 3.26. The van der Waals surface area contributed by atoms with Gasteiger partial charge in [-0.2, -0.15) is 13.2 Å². The highest BCUT2D eigenvalue weighted by Crippen LogP contribution is 2.40. The molecule has 1 aromatic rings. The summed E-state index contributed by atoms with van der Waals surface area (Å²) in [6.07, 6.45) is -3.10. The maximum absolute atomic E-state index is 12.7. The van der Waals surface area contributed by atoms with Crippen molar-refractivity contribution in [1.29, 1.82) is 0 Å². The Hall–Kier alpha value is -1.35. The Morgan fingerprint density at radius 3 is 2.85 bits per heavy atom. The Morgan fingerprint density at radius 2 is 2.30 bits per heavy atom. The first-order valence-electron chi connectivity index (χ1n) is 5.91. The van der Waals surface area contributed by atoms with E-state index in [1.165, 1.54) is 7.11 Å². The first kappa shape index (κ1) is 15.0. The normalized spacial score (nSPS) is 19.6. The standard InChI is InChI=1S/C11H13F3N2O3S/c1-19-5-6-3-2-4-16(6)8-7(9(17)18)15-10(20-8)11(12,13)14/h6H,2-5H2,1H3,(H,17,18)/t6-/m1/s1. The van der Waals surface area contributed by atoms with Gasteiger partial charge in [-0.15, -0.1) is 0 Å². The van der Waals surface area contributed by atoms with Crippen LogP contribution in [-0.2, 0) is 10.9 Å². The molecular formula is C11H13F3N2O3S. The highest BCUT2D eigenvalue weighted by molar-refractivity contribution is 7.16. The minimum Gasteiger partial charge on any atom is -0.476 e. The Labute approximate surface area is 117 Å². The average Bonchev–Trinajstić information content (AvgIpc) is 2.93. The number of alkyl halides is 3. The summed E-state index contributed by atoms with van der Waals surface area (Å²) >= 11 is 0.375. The van der Waals surface area contributed by atoms with Crippen molar-refractivity contribution in [3.05, 3.63) is 10.7 Å². The SMILES string of the molecule is COC[C@H]1CCCN1c1sc(C(F)(F)F)nc1C(=O)O. The maximum atomic E-state index is 12.7. The number of hydrogen-bond acceptors (Lipinski definition) is 5. The lowest BCUT2D eigenvalue weighted by atomic mass is 10.2. The average molecular weight is 310 g/mol. The Bertz CT molecular complexity index is 504. The van der Waals surface area contributed by atoms with E-state index in [9.17, 15) is 18.0 Å². The summed E-state index contributed by atoms with van der Waals surface area (Å²) in [5.41, 5.74) is -0.537. The van der Waals surface area contributed by atoms with Gasteiger partial charge in [-0.05, 0) is 12.8 Å². The number of carbonyl (C=O) groups is 1. The zero-order valence-electron chi connectivity index (χ0n) is 10.6. The number of halogens is 3. The summed E-state index contributed by atoms with van der Waals surface area (Å²) in [5, 5.41) is 7.97. The number of anilines is 1. The number of ether oxygens (including phenoxy) is 1. The summed E-state index contributed by atoms with van der Waals surface area (Å²) in [7, 11) is 1.50. The van der Waals surface area contributed by atoms with Crippen molar-refractivity contribution >= 4 is 22.3 Å². The number of hydrogen-bond donors (Lipinski definition) is 1. The van der Waals surface area contributed by atoms with Crippen LogP contribution in [-0.4, -0.2) is 42.4 Å². The van der Waals surface area contributed by atoms with Gasteiger partial charge in [-0.3, -0.25) is 0 Å². The number of carboxylic acids is 1. The molecule has 1 aliphatic rings. The predicted molar refractivity (Wildman–Crippen MR) is 66.3 cm³/mol. The zero-order valence-corrected chi connectivity index (χ0v) is 11.4. The number of carboxylic acid groups (broad SMARTS) is 1. The number of aromatic carboxylic acids is 1. The molecule has 112 valence electrons. The van der Waals surface area contributed by atoms with Crippen molar-refractivity contribution in [1.82, 2.24) is 4.98 Å². The topological polar surface area (TPSA) is 62.7 Å². The van der Waals surface area contributed by atoms with E-state index in [-0.39, 0.29) is 11.0 Å². The molecule has 1 aromatic heterocycles. The highest BCUT2D eigenvalue weighted by Gasteiger charge is 2.39. The van der Waals surface area contributed by atoms with E-state index in [4.69, 9.17) is 9.84 Å². The lowest BCUT2D eigenvalue weighted by Gasteiger charge is -2.24. The number of methoxy groups -OCH3 is 1. The summed E-state index contributed by atoms with van der Waals surface area (Å²) in [4.78, 5) is 16.0. The van der Waals surface area contributed by atoms with Crippen molar-refractivity contribution < 1.29 is 27.8 Å². The fourth-order valence-electron chi connectivity index (χ4n) is 2.24. The third-order valence-electron chi connectivity index (χ3n) is 3.05. The largest absolute Gasteiger partial charge is 0.476 e. The van der Waals surface area contributed by atoms with Crippen molar-refractivity contribution in [2.24, 2.45) is 0 Å². The lowest BCUT2D eigenvalue weighted by Crippen LogP contribution is -2.33. The molecule has 5 nitrogen and oxygen atoms in total. The Balaban J connectivity index is 2.39. The van der Waals surface area contributed by atoms with E-state index < -0.39 is 22.8 Å². The highest BCUT2D eigenvalue weighted by atomic mass is 32.1. The monoisotopic (exact) mass is 310 g/mol. The van der Waals surface area contributed by atoms with Crippen molar-refractivity contribution in [2.75, 3.05) is 25.2 Å². The molecule has 0 amide bonds. The van der Waals surface area contributed by atoms with Gasteiger partial charge in [0, 0.05) is 13.7 Å². The number of nitrogens with zero attached hydrogens (tertiary/aromatic N) is 2. The van der Waals surface area contributed by atoms with Gasteiger partial charge in [-0.1, -0.05) is 11.3 Å². The van der Waals surface area contributed by atoms with E-state index >= 15 is 0 Å². The van der Waals surface area contributed by atoms with Gasteiger partial charge in [0.2, 0.25) is 5.01 Å². The molecule has 0 aromatic carbocycles. The summed E-state index contributed by atoms with van der Waals surface area (Å²) in [6.45, 7) is 0.853. The smallest absolute Gasteiger partial charge is 0.443 e. The van der Waals surface area contributed by atoms with Crippen LogP contribution in [0.4, 0.5) is 18.2 Å². The molecule has 0 bridgehead atoms. The second kappa shape index (κ2) is 5.57. The summed E-state index contributed by atoms with van der Waals surface area (Å²) < 4.78 is 43.1. The van der Waals surface area contributed by atoms with E-state index in [1.54, 1.807) is 4.90 Å². The molecule has 0 saturated carbocycles. The van der Waals surface area contributed by atoms with Crippen LogP contribution in [0.25, 0.3) is 0 Å². The van der Waals surface area contributed by atoms with E-state index in [2.05, 4.69) is 4.98 Å². The van der Waals surface area contributed by atoms with Gasteiger partial charge >= 0.3 is 12.1 Å². The second-order valence-corrected chi connectivity index (χ2v) is 5.40. The van der Waals surface area contributed by atoms with Crippen molar-refractivity contribution in [3.63, 3.8) is 0 Å². The summed E-state index contributed by atoms with van der Waals surface area (Å²) in [6, 6.07) is -0.111. The Kier molecular flexibility index (Phi) is 4.19. The van der Waals surface area contributed by atoms with Crippen LogP contribution in [0.5, 0.6) is 0 Å². The maximum Gasteiger partial charge on any atom is 0.443 e. The zero-order chi connectivity index (χ0) is 14.9. The van der Waals surface area contributed by atoms with Gasteiger partial charge in [-0.25, -0.2) is 9.78 Å². The molecule has 2 heterocycles. The van der Waals surface area contributed by atoms with E-state index in [1.807, 2.05) is 0 Å². The summed E-state index contributed by atoms with van der Waals surface area (Å²) in [5.74, 6) is -1.45. The van der Waals surface area contributed by atoms with Gasteiger partial charge in [0.15, 0.2) is 5.69 Å². The second-order valence-electron chi connectivity index (χ2n) is 4.42. The first-order valence-corrected chi connectivity index (χ1v) is 6.73. The van der Waals surface area contributed by atoms with Gasteiger partial charge in [0.1, 0.15) is 5.00 Å². The molecule has 9 heteroatoms. The van der Waals surface area contributed by atoms with Crippen LogP contribution in [0.2, 0.25) is 0 Å². The number of aromatic nitrogens is 1. The molecular weight excluding hydrogens is 297 g/mol. The minimum absolute atomic E-state index is 0.0596. The fraction of sp³-hybridized carbons (Fsp3) is 0.636. The van der Waals surface area contributed by atoms with Crippen molar-refractivity contribution in [3.8, 4) is 0 Å². The van der Waals surface area contributed by atoms with Crippen LogP contribution >= 0.6 is 11.3 Å². The van der Waals surface area contributed by atoms with E-state index in [0.29, 0.717) is 24.5 Å². The number of thiazole rings is 1. The van der Waals surface area contributed by atoms with E-state index in [0.717, 1.165) is 12.8 Å². The molecule has 2 rings (SSSR count). The lowest BCUT2D eigenvalue weighted by molar-refractivity contribution is -0.137. The van der Waals surface area contributed by atoms with Gasteiger partial charge in [0.05, 0.1) is 12.6 Å². The third kappa shape index (κ3) is 2.88. The Morgan fingerprint density at radius 1 is 1.60 bits per heavy atom.